The lowest BCUT2D eigenvalue weighted by molar-refractivity contribution is -0.137. The summed E-state index contributed by atoms with van der Waals surface area (Å²) in [6.07, 6.45) is 0.919. The number of nitrogens with zero attached hydrogens (tertiary/aromatic N) is 1. The first-order chi connectivity index (χ1) is 9.56. The number of rotatable bonds is 4. The smallest absolute Gasteiger partial charge is 0.263 e. The Morgan fingerprint density at radius 1 is 1.20 bits per heavy atom. The van der Waals surface area contributed by atoms with Crippen LogP contribution in [-0.4, -0.2) is 30.0 Å². The monoisotopic (exact) mass is 273 g/mol. The zero-order valence-corrected chi connectivity index (χ0v) is 12.5. The molecule has 0 bridgehead atoms. The third-order valence-electron chi connectivity index (χ3n) is 4.48. The molecule has 1 aromatic rings. The standard InChI is InChI=1S/C17H23NO2/c1-11(2)15-6-4-5-7-16(15)20-12(3)17(19)18-9-13-8-14(13)10-18/h4-7,11-14H,8-10H2,1-3H3. The van der Waals surface area contributed by atoms with Gasteiger partial charge in [-0.3, -0.25) is 4.79 Å². The van der Waals surface area contributed by atoms with Gasteiger partial charge in [-0.25, -0.2) is 0 Å². The summed E-state index contributed by atoms with van der Waals surface area (Å²) in [7, 11) is 0. The number of piperidine rings is 1. The SMILES string of the molecule is CC(Oc1ccccc1C(C)C)C(=O)N1CC2CC2C1. The van der Waals surface area contributed by atoms with Crippen LogP contribution in [0.4, 0.5) is 0 Å². The van der Waals surface area contributed by atoms with E-state index >= 15 is 0 Å². The van der Waals surface area contributed by atoms with E-state index in [0.29, 0.717) is 5.92 Å². The van der Waals surface area contributed by atoms with Crippen LogP contribution < -0.4 is 4.74 Å². The molecule has 1 aliphatic carbocycles. The van der Waals surface area contributed by atoms with Gasteiger partial charge in [-0.15, -0.1) is 0 Å². The molecule has 20 heavy (non-hydrogen) atoms. The Balaban J connectivity index is 1.66. The second-order valence-electron chi connectivity index (χ2n) is 6.45. The molecule has 1 saturated carbocycles. The molecule has 0 spiro atoms. The third-order valence-corrected chi connectivity index (χ3v) is 4.48. The third kappa shape index (κ3) is 2.54. The predicted octanol–water partition coefficient (Wildman–Crippen LogP) is 3.06. The molecule has 0 N–H and O–H groups in total. The summed E-state index contributed by atoms with van der Waals surface area (Å²) in [6, 6.07) is 8.01. The molecule has 3 atom stereocenters. The van der Waals surface area contributed by atoms with Gasteiger partial charge in [-0.1, -0.05) is 32.0 Å². The van der Waals surface area contributed by atoms with Crippen LogP contribution in [-0.2, 0) is 4.79 Å². The molecular formula is C17H23NO2. The summed E-state index contributed by atoms with van der Waals surface area (Å²) >= 11 is 0. The topological polar surface area (TPSA) is 29.5 Å². The van der Waals surface area contributed by atoms with Gasteiger partial charge in [0.05, 0.1) is 0 Å². The largest absolute Gasteiger partial charge is 0.481 e. The van der Waals surface area contributed by atoms with Crippen LogP contribution in [0.3, 0.4) is 0 Å². The molecule has 1 heterocycles. The number of carbonyl (C=O) groups excluding carboxylic acids is 1. The van der Waals surface area contributed by atoms with Crippen LogP contribution >= 0.6 is 0 Å². The lowest BCUT2D eigenvalue weighted by atomic mass is 10.0. The van der Waals surface area contributed by atoms with E-state index in [4.69, 9.17) is 4.74 Å². The molecule has 1 aliphatic heterocycles. The Hall–Kier alpha value is -1.51. The van der Waals surface area contributed by atoms with E-state index in [2.05, 4.69) is 19.9 Å². The number of ether oxygens (including phenoxy) is 1. The molecule has 3 heteroatoms. The van der Waals surface area contributed by atoms with Crippen LogP contribution in [0, 0.1) is 11.8 Å². The molecule has 3 nitrogen and oxygen atoms in total. The number of hydrogen-bond acceptors (Lipinski definition) is 2. The number of carbonyl (C=O) groups is 1. The van der Waals surface area contributed by atoms with E-state index in [-0.39, 0.29) is 5.91 Å². The van der Waals surface area contributed by atoms with Crippen molar-refractivity contribution in [3.63, 3.8) is 0 Å². The number of amides is 1. The van der Waals surface area contributed by atoms with Gasteiger partial charge in [0.25, 0.3) is 5.91 Å². The lowest BCUT2D eigenvalue weighted by Gasteiger charge is -2.24. The molecule has 1 amide bonds. The number of benzene rings is 1. The summed E-state index contributed by atoms with van der Waals surface area (Å²) in [4.78, 5) is 14.4. The average Bonchev–Trinajstić information content (AvgIpc) is 3.04. The fourth-order valence-electron chi connectivity index (χ4n) is 3.14. The van der Waals surface area contributed by atoms with E-state index in [1.54, 1.807) is 0 Å². The Kier molecular flexibility index (Phi) is 3.45. The van der Waals surface area contributed by atoms with Crippen molar-refractivity contribution in [1.82, 2.24) is 4.90 Å². The van der Waals surface area contributed by atoms with Gasteiger partial charge >= 0.3 is 0 Å². The number of hydrogen-bond donors (Lipinski definition) is 0. The minimum absolute atomic E-state index is 0.135. The molecule has 0 aromatic heterocycles. The summed E-state index contributed by atoms with van der Waals surface area (Å²) in [6.45, 7) is 8.01. The zero-order chi connectivity index (χ0) is 14.3. The molecular weight excluding hydrogens is 250 g/mol. The first-order valence-electron chi connectivity index (χ1n) is 7.60. The van der Waals surface area contributed by atoms with E-state index < -0.39 is 6.10 Å². The van der Waals surface area contributed by atoms with Crippen molar-refractivity contribution in [3.05, 3.63) is 29.8 Å². The van der Waals surface area contributed by atoms with Crippen LogP contribution in [0.5, 0.6) is 5.75 Å². The van der Waals surface area contributed by atoms with Gasteiger partial charge in [0.1, 0.15) is 5.75 Å². The van der Waals surface area contributed by atoms with Crippen molar-refractivity contribution in [3.8, 4) is 5.75 Å². The minimum Gasteiger partial charge on any atom is -0.481 e. The first kappa shape index (κ1) is 13.5. The van der Waals surface area contributed by atoms with E-state index in [0.717, 1.165) is 36.2 Å². The van der Waals surface area contributed by atoms with Crippen molar-refractivity contribution in [2.24, 2.45) is 11.8 Å². The van der Waals surface area contributed by atoms with Crippen molar-refractivity contribution >= 4 is 5.91 Å². The fourth-order valence-corrected chi connectivity index (χ4v) is 3.14. The van der Waals surface area contributed by atoms with Crippen molar-refractivity contribution in [2.45, 2.75) is 39.2 Å². The Bertz CT molecular complexity index is 501. The highest BCUT2D eigenvalue weighted by atomic mass is 16.5. The summed E-state index contributed by atoms with van der Waals surface area (Å²) in [5.41, 5.74) is 1.16. The normalized spacial score (nSPS) is 25.5. The second-order valence-corrected chi connectivity index (χ2v) is 6.45. The second kappa shape index (κ2) is 5.12. The molecule has 108 valence electrons. The van der Waals surface area contributed by atoms with Crippen LogP contribution in [0.15, 0.2) is 24.3 Å². The van der Waals surface area contributed by atoms with Gasteiger partial charge in [-0.2, -0.15) is 0 Å². The molecule has 0 radical (unpaired) electrons. The van der Waals surface area contributed by atoms with Crippen molar-refractivity contribution < 1.29 is 9.53 Å². The highest BCUT2D eigenvalue weighted by Gasteiger charge is 2.47. The van der Waals surface area contributed by atoms with E-state index in [1.807, 2.05) is 30.0 Å². The molecule has 2 aliphatic rings. The van der Waals surface area contributed by atoms with Gasteiger partial charge in [0.15, 0.2) is 6.10 Å². The molecule has 1 aromatic carbocycles. The Morgan fingerprint density at radius 3 is 2.50 bits per heavy atom. The maximum absolute atomic E-state index is 12.4. The molecule has 3 rings (SSSR count). The predicted molar refractivity (Wildman–Crippen MR) is 78.8 cm³/mol. The zero-order valence-electron chi connectivity index (χ0n) is 12.5. The van der Waals surface area contributed by atoms with Crippen LogP contribution in [0.1, 0.15) is 38.7 Å². The minimum atomic E-state index is -0.396. The fraction of sp³-hybridized carbons (Fsp3) is 0.588. The average molecular weight is 273 g/mol. The molecule has 1 saturated heterocycles. The molecule has 2 fully saturated rings. The Labute approximate surface area is 120 Å². The maximum atomic E-state index is 12.4. The van der Waals surface area contributed by atoms with Crippen LogP contribution in [0.25, 0.3) is 0 Å². The highest BCUT2D eigenvalue weighted by Crippen LogP contribution is 2.45. The van der Waals surface area contributed by atoms with Crippen molar-refractivity contribution in [1.29, 1.82) is 0 Å². The van der Waals surface area contributed by atoms with Crippen molar-refractivity contribution in [2.75, 3.05) is 13.1 Å². The summed E-state index contributed by atoms with van der Waals surface area (Å²) < 4.78 is 5.94. The number of para-hydroxylation sites is 1. The molecule has 3 unspecified atom stereocenters. The van der Waals surface area contributed by atoms with E-state index in [1.165, 1.54) is 6.42 Å². The first-order valence-corrected chi connectivity index (χ1v) is 7.60. The van der Waals surface area contributed by atoms with Gasteiger partial charge < -0.3 is 9.64 Å². The van der Waals surface area contributed by atoms with Gasteiger partial charge in [0.2, 0.25) is 0 Å². The number of likely N-dealkylation sites (tertiary alicyclic amines) is 1. The van der Waals surface area contributed by atoms with E-state index in [9.17, 15) is 4.79 Å². The lowest BCUT2D eigenvalue weighted by Crippen LogP contribution is -2.40. The Morgan fingerprint density at radius 2 is 1.85 bits per heavy atom. The van der Waals surface area contributed by atoms with Gasteiger partial charge in [0, 0.05) is 13.1 Å². The highest BCUT2D eigenvalue weighted by molar-refractivity contribution is 5.81. The van der Waals surface area contributed by atoms with Gasteiger partial charge in [-0.05, 0) is 42.7 Å². The summed E-state index contributed by atoms with van der Waals surface area (Å²) in [5, 5.41) is 0. The maximum Gasteiger partial charge on any atom is 0.263 e. The van der Waals surface area contributed by atoms with Crippen LogP contribution in [0.2, 0.25) is 0 Å². The number of fused-ring (bicyclic) bond motifs is 1. The quantitative estimate of drug-likeness (QED) is 0.844. The summed E-state index contributed by atoms with van der Waals surface area (Å²) in [5.74, 6) is 2.92.